The normalized spacial score (nSPS) is 14.5. The molecule has 12 nitrogen and oxygen atoms in total. The highest BCUT2D eigenvalue weighted by molar-refractivity contribution is 5.75. The topological polar surface area (TPSA) is 170 Å². The lowest BCUT2D eigenvalue weighted by Crippen LogP contribution is -2.38. The SMILES string of the molecule is CCCCOC(=O)OC(C)CC(c1ccc(OC(=O)OC(C)CCC)c(OC(=O)OC(C)CCC)c1)[C@H](N)C(=O)O. The number of nitrogens with two attached hydrogens (primary N) is 1. The zero-order chi connectivity index (χ0) is 30.9. The van der Waals surface area contributed by atoms with Gasteiger partial charge in [0.25, 0.3) is 0 Å². The molecule has 0 saturated carbocycles. The number of carbonyl (C=O) groups excluding carboxylic acids is 3. The molecule has 3 N–H and O–H groups in total. The van der Waals surface area contributed by atoms with E-state index in [2.05, 4.69) is 0 Å². The van der Waals surface area contributed by atoms with Crippen LogP contribution in [0.4, 0.5) is 14.4 Å². The van der Waals surface area contributed by atoms with Gasteiger partial charge in [-0.25, -0.2) is 14.4 Å². The lowest BCUT2D eigenvalue weighted by Gasteiger charge is -2.25. The largest absolute Gasteiger partial charge is 0.514 e. The molecule has 1 aromatic carbocycles. The minimum atomic E-state index is -1.41. The molecular formula is C29H45NO11. The van der Waals surface area contributed by atoms with Gasteiger partial charge < -0.3 is 39.3 Å². The van der Waals surface area contributed by atoms with Crippen molar-refractivity contribution < 1.29 is 52.7 Å². The van der Waals surface area contributed by atoms with Crippen molar-refractivity contribution in [2.45, 2.75) is 117 Å². The van der Waals surface area contributed by atoms with Gasteiger partial charge in [-0.1, -0.05) is 46.1 Å². The van der Waals surface area contributed by atoms with Crippen molar-refractivity contribution in [2.75, 3.05) is 6.61 Å². The molecule has 0 aliphatic heterocycles. The number of carbonyl (C=O) groups is 4. The summed E-state index contributed by atoms with van der Waals surface area (Å²) >= 11 is 0. The number of carboxylic acids is 1. The fourth-order valence-corrected chi connectivity index (χ4v) is 3.97. The van der Waals surface area contributed by atoms with Gasteiger partial charge in [-0.2, -0.15) is 0 Å². The molecule has 41 heavy (non-hydrogen) atoms. The van der Waals surface area contributed by atoms with Gasteiger partial charge in [-0.05, 0) is 64.2 Å². The van der Waals surface area contributed by atoms with Crippen LogP contribution in [0.1, 0.15) is 98.0 Å². The number of hydrogen-bond acceptors (Lipinski definition) is 11. The molecular weight excluding hydrogens is 538 g/mol. The van der Waals surface area contributed by atoms with Crippen LogP contribution in [0.3, 0.4) is 0 Å². The Morgan fingerprint density at radius 2 is 1.32 bits per heavy atom. The maximum atomic E-state index is 12.5. The smallest absolute Gasteiger partial charge is 0.480 e. The number of carboxylic acid groups (broad SMARTS) is 1. The van der Waals surface area contributed by atoms with Crippen molar-refractivity contribution in [3.63, 3.8) is 0 Å². The molecule has 4 unspecified atom stereocenters. The maximum Gasteiger partial charge on any atom is 0.514 e. The van der Waals surface area contributed by atoms with Crippen LogP contribution < -0.4 is 15.2 Å². The van der Waals surface area contributed by atoms with Crippen molar-refractivity contribution in [1.29, 1.82) is 0 Å². The lowest BCUT2D eigenvalue weighted by atomic mass is 9.87. The van der Waals surface area contributed by atoms with Gasteiger partial charge in [-0.3, -0.25) is 4.79 Å². The van der Waals surface area contributed by atoms with Crippen LogP contribution >= 0.6 is 0 Å². The summed E-state index contributed by atoms with van der Waals surface area (Å²) in [5.74, 6) is -2.54. The van der Waals surface area contributed by atoms with Crippen molar-refractivity contribution in [1.82, 2.24) is 0 Å². The summed E-state index contributed by atoms with van der Waals surface area (Å²) in [5, 5.41) is 9.67. The zero-order valence-corrected chi connectivity index (χ0v) is 24.9. The third-order valence-corrected chi connectivity index (χ3v) is 6.09. The Hall–Kier alpha value is -3.54. The van der Waals surface area contributed by atoms with Gasteiger partial charge in [-0.15, -0.1) is 0 Å². The summed E-state index contributed by atoms with van der Waals surface area (Å²) in [5.41, 5.74) is 6.35. The number of benzene rings is 1. The minimum Gasteiger partial charge on any atom is -0.480 e. The summed E-state index contributed by atoms with van der Waals surface area (Å²) in [4.78, 5) is 48.8. The molecule has 1 aromatic rings. The van der Waals surface area contributed by atoms with Crippen LogP contribution in [0.2, 0.25) is 0 Å². The monoisotopic (exact) mass is 583 g/mol. The average Bonchev–Trinajstić information content (AvgIpc) is 2.88. The quantitative estimate of drug-likeness (QED) is 0.0906. The average molecular weight is 584 g/mol. The Morgan fingerprint density at radius 3 is 1.83 bits per heavy atom. The van der Waals surface area contributed by atoms with Crippen molar-refractivity contribution in [3.8, 4) is 11.5 Å². The molecule has 0 saturated heterocycles. The zero-order valence-electron chi connectivity index (χ0n) is 24.9. The lowest BCUT2D eigenvalue weighted by molar-refractivity contribution is -0.139. The van der Waals surface area contributed by atoms with Gasteiger partial charge in [0.2, 0.25) is 0 Å². The molecule has 0 fully saturated rings. The molecule has 0 spiro atoms. The van der Waals surface area contributed by atoms with Crippen LogP contribution in [-0.2, 0) is 23.7 Å². The Morgan fingerprint density at radius 1 is 0.780 bits per heavy atom. The molecule has 12 heteroatoms. The highest BCUT2D eigenvalue weighted by atomic mass is 16.8. The van der Waals surface area contributed by atoms with E-state index in [0.29, 0.717) is 24.8 Å². The predicted molar refractivity (Wildman–Crippen MR) is 149 cm³/mol. The summed E-state index contributed by atoms with van der Waals surface area (Å²) in [6, 6.07) is 2.75. The summed E-state index contributed by atoms with van der Waals surface area (Å²) < 4.78 is 31.5. The molecule has 0 aliphatic rings. The molecule has 1 rings (SSSR count). The van der Waals surface area contributed by atoms with Gasteiger partial charge in [0, 0.05) is 5.92 Å². The number of rotatable bonds is 17. The van der Waals surface area contributed by atoms with Crippen LogP contribution in [0.25, 0.3) is 0 Å². The van der Waals surface area contributed by atoms with Gasteiger partial charge in [0.15, 0.2) is 11.5 Å². The first kappa shape index (κ1) is 35.5. The van der Waals surface area contributed by atoms with E-state index in [0.717, 1.165) is 19.3 Å². The van der Waals surface area contributed by atoms with Crippen molar-refractivity contribution >= 4 is 24.4 Å². The fraction of sp³-hybridized carbons (Fsp3) is 0.655. The van der Waals surface area contributed by atoms with Gasteiger partial charge in [0.1, 0.15) is 24.4 Å². The van der Waals surface area contributed by atoms with E-state index in [1.54, 1.807) is 20.8 Å². The highest BCUT2D eigenvalue weighted by Crippen LogP contribution is 2.35. The van der Waals surface area contributed by atoms with E-state index in [1.807, 2.05) is 20.8 Å². The Bertz CT molecular complexity index is 984. The van der Waals surface area contributed by atoms with Crippen LogP contribution in [0.5, 0.6) is 11.5 Å². The molecule has 0 radical (unpaired) electrons. The predicted octanol–water partition coefficient (Wildman–Crippen LogP) is 6.32. The first-order valence-corrected chi connectivity index (χ1v) is 14.1. The minimum absolute atomic E-state index is 0.00451. The van der Waals surface area contributed by atoms with Crippen LogP contribution in [-0.4, -0.2) is 60.5 Å². The first-order valence-electron chi connectivity index (χ1n) is 14.1. The number of unbranched alkanes of at least 4 members (excludes halogenated alkanes) is 1. The Labute approximate surface area is 241 Å². The molecule has 5 atom stereocenters. The molecule has 232 valence electrons. The summed E-state index contributed by atoms with van der Waals surface area (Å²) in [7, 11) is 0. The van der Waals surface area contributed by atoms with E-state index in [-0.39, 0.29) is 24.5 Å². The van der Waals surface area contributed by atoms with Crippen LogP contribution in [0, 0.1) is 0 Å². The number of hydrogen-bond donors (Lipinski definition) is 2. The van der Waals surface area contributed by atoms with E-state index in [4.69, 9.17) is 34.2 Å². The molecule has 0 aliphatic carbocycles. The van der Waals surface area contributed by atoms with Gasteiger partial charge >= 0.3 is 24.4 Å². The van der Waals surface area contributed by atoms with Gasteiger partial charge in [0.05, 0.1) is 6.61 Å². The van der Waals surface area contributed by atoms with Crippen LogP contribution in [0.15, 0.2) is 18.2 Å². The summed E-state index contributed by atoms with van der Waals surface area (Å²) in [6.07, 6.45) is -0.183. The molecule has 0 amide bonds. The Kier molecular flexibility index (Phi) is 16.2. The molecule has 0 heterocycles. The van der Waals surface area contributed by atoms with E-state index < -0.39 is 54.7 Å². The third-order valence-electron chi connectivity index (χ3n) is 6.09. The van der Waals surface area contributed by atoms with Crippen molar-refractivity contribution in [3.05, 3.63) is 23.8 Å². The van der Waals surface area contributed by atoms with E-state index >= 15 is 0 Å². The first-order chi connectivity index (χ1) is 19.4. The third kappa shape index (κ3) is 13.6. The van der Waals surface area contributed by atoms with E-state index in [9.17, 15) is 24.3 Å². The van der Waals surface area contributed by atoms with Crippen molar-refractivity contribution in [2.24, 2.45) is 5.73 Å². The second-order valence-corrected chi connectivity index (χ2v) is 9.93. The van der Waals surface area contributed by atoms with E-state index in [1.165, 1.54) is 18.2 Å². The number of aliphatic carboxylic acids is 1. The number of ether oxygens (including phenoxy) is 6. The standard InChI is InChI=1S/C29H45NO11/c1-7-10-15-36-27(33)39-20(6)16-22(25(30)26(31)32)21-13-14-23(40-28(34)37-18(4)11-8-2)24(17-21)41-29(35)38-19(5)12-9-3/h13-14,17-20,22,25H,7-12,15-16,30H2,1-6H3,(H,31,32)/t18?,19?,20?,22?,25-/m0/s1. The second-order valence-electron chi connectivity index (χ2n) is 9.93. The fourth-order valence-electron chi connectivity index (χ4n) is 3.97. The second kappa shape index (κ2) is 18.7. The maximum absolute atomic E-state index is 12.5. The molecule has 0 bridgehead atoms. The summed E-state index contributed by atoms with van der Waals surface area (Å²) in [6.45, 7) is 11.0. The highest BCUT2D eigenvalue weighted by Gasteiger charge is 2.30. The Balaban J connectivity index is 3.28. The molecule has 0 aromatic heterocycles.